The SMILES string of the molecule is CCc1ccc(-c2cc(NCC3C4CCC3CN(C)C4)c3cc(OC)c(OCCCN4CCCC4)cc3n2)o1. The molecule has 0 radical (unpaired) electrons. The van der Waals surface area contributed by atoms with Crippen molar-refractivity contribution in [3.05, 3.63) is 36.1 Å². The number of aromatic nitrogens is 1. The summed E-state index contributed by atoms with van der Waals surface area (Å²) in [5, 5.41) is 4.91. The predicted octanol–water partition coefficient (Wildman–Crippen LogP) is 5.93. The van der Waals surface area contributed by atoms with Gasteiger partial charge in [-0.25, -0.2) is 4.98 Å². The molecule has 2 aromatic heterocycles. The molecule has 0 amide bonds. The highest BCUT2D eigenvalue weighted by Gasteiger charge is 2.40. The average molecular weight is 533 g/mol. The maximum absolute atomic E-state index is 6.26. The van der Waals surface area contributed by atoms with E-state index in [1.165, 1.54) is 51.9 Å². The van der Waals surface area contributed by atoms with Gasteiger partial charge in [-0.3, -0.25) is 0 Å². The first-order valence-corrected chi connectivity index (χ1v) is 15.0. The molecule has 2 atom stereocenters. The minimum absolute atomic E-state index is 0.667. The van der Waals surface area contributed by atoms with Crippen molar-refractivity contribution in [1.29, 1.82) is 0 Å². The van der Waals surface area contributed by atoms with Crippen LogP contribution in [0.3, 0.4) is 0 Å². The lowest BCUT2D eigenvalue weighted by molar-refractivity contribution is 0.140. The number of aryl methyl sites for hydroxylation is 1. The number of ether oxygens (including phenoxy) is 2. The Kier molecular flexibility index (Phi) is 7.98. The highest BCUT2D eigenvalue weighted by Crippen LogP contribution is 2.42. The number of benzene rings is 1. The summed E-state index contributed by atoms with van der Waals surface area (Å²) in [6, 6.07) is 10.4. The number of methoxy groups -OCH3 is 1. The van der Waals surface area contributed by atoms with Gasteiger partial charge in [-0.2, -0.15) is 0 Å². The third kappa shape index (κ3) is 5.75. The summed E-state index contributed by atoms with van der Waals surface area (Å²) in [6.07, 6.45) is 7.21. The lowest BCUT2D eigenvalue weighted by Crippen LogP contribution is -2.42. The normalized spacial score (nSPS) is 23.5. The molecule has 1 N–H and O–H groups in total. The topological polar surface area (TPSA) is 63.0 Å². The lowest BCUT2D eigenvalue weighted by atomic mass is 9.85. The maximum Gasteiger partial charge on any atom is 0.163 e. The number of furan rings is 1. The van der Waals surface area contributed by atoms with Crippen LogP contribution in [0.4, 0.5) is 5.69 Å². The third-order valence-corrected chi connectivity index (χ3v) is 9.17. The zero-order valence-corrected chi connectivity index (χ0v) is 23.9. The van der Waals surface area contributed by atoms with E-state index in [1.807, 2.05) is 18.2 Å². The summed E-state index contributed by atoms with van der Waals surface area (Å²) in [6.45, 7) is 9.70. The van der Waals surface area contributed by atoms with E-state index in [0.717, 1.165) is 83.1 Å². The van der Waals surface area contributed by atoms with Gasteiger partial charge in [-0.15, -0.1) is 0 Å². The molecule has 3 aromatic rings. The van der Waals surface area contributed by atoms with E-state index in [9.17, 15) is 0 Å². The fraction of sp³-hybridized carbons (Fsp3) is 0.594. The fourth-order valence-electron chi connectivity index (χ4n) is 7.09. The molecule has 0 spiro atoms. The van der Waals surface area contributed by atoms with Crippen LogP contribution in [0.15, 0.2) is 34.7 Å². The fourth-order valence-corrected chi connectivity index (χ4v) is 7.09. The summed E-state index contributed by atoms with van der Waals surface area (Å²) in [5.41, 5.74) is 2.83. The summed E-state index contributed by atoms with van der Waals surface area (Å²) in [4.78, 5) is 10.1. The predicted molar refractivity (Wildman–Crippen MR) is 157 cm³/mol. The van der Waals surface area contributed by atoms with Crippen LogP contribution in [0.2, 0.25) is 0 Å². The van der Waals surface area contributed by atoms with Crippen LogP contribution in [0, 0.1) is 17.8 Å². The standard InChI is InChI=1S/C32H44N4O3/c1-4-24-10-11-30(39-24)29-17-27(33-19-26-22-8-9-23(26)21-35(2)20-22)25-16-31(37-3)32(18-28(25)34-29)38-15-7-14-36-12-5-6-13-36/h10-11,16-18,22-23,26H,4-9,12-15,19-21H2,1-3H3,(H,33,34). The molecule has 7 heteroatoms. The Morgan fingerprint density at radius 1 is 1.05 bits per heavy atom. The van der Waals surface area contributed by atoms with E-state index < -0.39 is 0 Å². The van der Waals surface area contributed by atoms with Crippen LogP contribution in [0.5, 0.6) is 11.5 Å². The van der Waals surface area contributed by atoms with Crippen molar-refractivity contribution >= 4 is 16.6 Å². The molecular weight excluding hydrogens is 488 g/mol. The summed E-state index contributed by atoms with van der Waals surface area (Å²) < 4.78 is 18.2. The number of nitrogens with zero attached hydrogens (tertiary/aromatic N) is 3. The van der Waals surface area contributed by atoms with E-state index in [0.29, 0.717) is 12.5 Å². The van der Waals surface area contributed by atoms with Crippen molar-refractivity contribution in [1.82, 2.24) is 14.8 Å². The first-order chi connectivity index (χ1) is 19.1. The Balaban J connectivity index is 1.27. The third-order valence-electron chi connectivity index (χ3n) is 9.17. The molecule has 1 aromatic carbocycles. The number of hydrogen-bond donors (Lipinski definition) is 1. The largest absolute Gasteiger partial charge is 0.493 e. The zero-order valence-electron chi connectivity index (χ0n) is 23.9. The summed E-state index contributed by atoms with van der Waals surface area (Å²) in [5.74, 6) is 5.56. The van der Waals surface area contributed by atoms with Gasteiger partial charge in [0.1, 0.15) is 11.5 Å². The Morgan fingerprint density at radius 2 is 1.85 bits per heavy atom. The molecule has 1 aliphatic carbocycles. The van der Waals surface area contributed by atoms with E-state index in [-0.39, 0.29) is 0 Å². The minimum atomic E-state index is 0.667. The van der Waals surface area contributed by atoms with Crippen molar-refractivity contribution in [2.45, 2.75) is 45.4 Å². The highest BCUT2D eigenvalue weighted by atomic mass is 16.5. The van der Waals surface area contributed by atoms with Crippen LogP contribution in [-0.2, 0) is 6.42 Å². The van der Waals surface area contributed by atoms with E-state index in [4.69, 9.17) is 18.9 Å². The number of nitrogens with one attached hydrogen (secondary N) is 1. The minimum Gasteiger partial charge on any atom is -0.493 e. The van der Waals surface area contributed by atoms with Gasteiger partial charge in [0.2, 0.25) is 0 Å². The van der Waals surface area contributed by atoms with Gasteiger partial charge in [-0.05, 0) is 94.3 Å². The van der Waals surface area contributed by atoms with Crippen LogP contribution in [0.1, 0.15) is 44.8 Å². The zero-order chi connectivity index (χ0) is 26.8. The molecule has 3 aliphatic rings. The number of anilines is 1. The molecule has 1 saturated carbocycles. The van der Waals surface area contributed by atoms with E-state index in [1.54, 1.807) is 7.11 Å². The van der Waals surface area contributed by atoms with Gasteiger partial charge in [0.15, 0.2) is 17.3 Å². The first-order valence-electron chi connectivity index (χ1n) is 15.0. The van der Waals surface area contributed by atoms with Crippen LogP contribution in [0.25, 0.3) is 22.4 Å². The molecule has 39 heavy (non-hydrogen) atoms. The van der Waals surface area contributed by atoms with Crippen LogP contribution in [-0.4, -0.2) is 74.8 Å². The molecule has 2 unspecified atom stereocenters. The van der Waals surface area contributed by atoms with Gasteiger partial charge in [0, 0.05) is 49.7 Å². The monoisotopic (exact) mass is 532 g/mol. The second-order valence-electron chi connectivity index (χ2n) is 11.8. The van der Waals surface area contributed by atoms with Gasteiger partial charge in [-0.1, -0.05) is 6.92 Å². The Labute approximate surface area is 232 Å². The molecule has 7 nitrogen and oxygen atoms in total. The molecule has 6 rings (SSSR count). The van der Waals surface area contributed by atoms with Crippen molar-refractivity contribution in [3.63, 3.8) is 0 Å². The van der Waals surface area contributed by atoms with Crippen LogP contribution >= 0.6 is 0 Å². The van der Waals surface area contributed by atoms with Crippen molar-refractivity contribution < 1.29 is 13.9 Å². The second kappa shape index (κ2) is 11.8. The molecule has 4 heterocycles. The molecule has 210 valence electrons. The summed E-state index contributed by atoms with van der Waals surface area (Å²) in [7, 11) is 3.99. The van der Waals surface area contributed by atoms with E-state index >= 15 is 0 Å². The number of hydrogen-bond acceptors (Lipinski definition) is 7. The Bertz CT molecular complexity index is 1250. The number of fused-ring (bicyclic) bond motifs is 3. The van der Waals surface area contributed by atoms with Crippen molar-refractivity contribution in [2.75, 3.05) is 65.3 Å². The molecule has 2 bridgehead atoms. The van der Waals surface area contributed by atoms with Crippen LogP contribution < -0.4 is 14.8 Å². The van der Waals surface area contributed by atoms with Gasteiger partial charge < -0.3 is 29.0 Å². The van der Waals surface area contributed by atoms with E-state index in [2.05, 4.69) is 41.2 Å². The number of likely N-dealkylation sites (tertiary alicyclic amines) is 2. The maximum atomic E-state index is 6.26. The summed E-state index contributed by atoms with van der Waals surface area (Å²) >= 11 is 0. The Morgan fingerprint density at radius 3 is 2.56 bits per heavy atom. The highest BCUT2D eigenvalue weighted by molar-refractivity contribution is 5.95. The van der Waals surface area contributed by atoms with Crippen molar-refractivity contribution in [2.24, 2.45) is 17.8 Å². The second-order valence-corrected chi connectivity index (χ2v) is 11.8. The van der Waals surface area contributed by atoms with Gasteiger partial charge in [0.25, 0.3) is 0 Å². The molecular formula is C32H44N4O3. The van der Waals surface area contributed by atoms with Gasteiger partial charge in [0.05, 0.1) is 19.2 Å². The molecule has 3 fully saturated rings. The number of rotatable bonds is 11. The lowest BCUT2D eigenvalue weighted by Gasteiger charge is -2.36. The first kappa shape index (κ1) is 26.5. The molecule has 2 aliphatic heterocycles. The quantitative estimate of drug-likeness (QED) is 0.307. The van der Waals surface area contributed by atoms with Gasteiger partial charge >= 0.3 is 0 Å². The average Bonchev–Trinajstić information content (AvgIpc) is 3.69. The smallest absolute Gasteiger partial charge is 0.163 e. The Hall–Kier alpha value is -2.77. The van der Waals surface area contributed by atoms with Crippen molar-refractivity contribution in [3.8, 4) is 23.0 Å². The number of piperidine rings is 1. The molecule has 2 saturated heterocycles. The number of pyridine rings is 1.